The van der Waals surface area contributed by atoms with E-state index >= 15 is 0 Å². The van der Waals surface area contributed by atoms with Crippen molar-refractivity contribution in [1.82, 2.24) is 9.88 Å². The Kier molecular flexibility index (Phi) is 7.82. The van der Waals surface area contributed by atoms with Gasteiger partial charge >= 0.3 is 7.12 Å². The van der Waals surface area contributed by atoms with E-state index in [2.05, 4.69) is 18.0 Å². The topological polar surface area (TPSA) is 100.0 Å². The molecule has 0 spiro atoms. The van der Waals surface area contributed by atoms with Crippen LogP contribution in [0.15, 0.2) is 59.8 Å². The van der Waals surface area contributed by atoms with E-state index in [0.29, 0.717) is 32.1 Å². The highest BCUT2D eigenvalue weighted by Gasteiger charge is 2.56. The molecule has 38 heavy (non-hydrogen) atoms. The lowest BCUT2D eigenvalue weighted by Gasteiger charge is -2.43. The summed E-state index contributed by atoms with van der Waals surface area (Å²) >= 11 is 0. The number of phenolic OH excluding ortho intramolecular Hbond substituents is 1. The van der Waals surface area contributed by atoms with Crippen LogP contribution in [0.2, 0.25) is 6.32 Å². The standard InChI is InChI=1S/C30H35BN2O5/c1-3-15-33-29(35)23-17-20(4-2)27-24(28(23)30(33)36)18-31(37)38-26(27)13-10-21(25-7-5-6-14-32-25)16-19-8-11-22(34)12-9-19/h5-9,11-12,14,16,23-24,26,28,34,37H,3-4,10,13,15,17-18H2,1-2H3/b21-16-/t23-,24+,26-,28-/m1/s1. The minimum absolute atomic E-state index is 0.0568. The van der Waals surface area contributed by atoms with Crippen LogP contribution in [-0.4, -0.2) is 51.6 Å². The average Bonchev–Trinajstić information content (AvgIpc) is 3.16. The zero-order valence-corrected chi connectivity index (χ0v) is 22.0. The molecule has 2 amide bonds. The van der Waals surface area contributed by atoms with E-state index in [1.54, 1.807) is 18.3 Å². The predicted molar refractivity (Wildman–Crippen MR) is 147 cm³/mol. The highest BCUT2D eigenvalue weighted by Crippen LogP contribution is 2.51. The number of pyridine rings is 1. The van der Waals surface area contributed by atoms with Crippen LogP contribution in [0.4, 0.5) is 0 Å². The zero-order valence-electron chi connectivity index (χ0n) is 22.0. The summed E-state index contributed by atoms with van der Waals surface area (Å²) in [6, 6.07) is 12.8. The molecule has 2 aromatic rings. The second-order valence-electron chi connectivity index (χ2n) is 10.5. The van der Waals surface area contributed by atoms with E-state index in [1.165, 1.54) is 10.5 Å². The van der Waals surface area contributed by atoms with Gasteiger partial charge in [0.1, 0.15) is 5.75 Å². The maximum Gasteiger partial charge on any atom is 0.455 e. The molecule has 0 radical (unpaired) electrons. The molecular weight excluding hydrogens is 479 g/mol. The Morgan fingerprint density at radius 2 is 1.92 bits per heavy atom. The number of benzene rings is 1. The summed E-state index contributed by atoms with van der Waals surface area (Å²) in [5.41, 5.74) is 5.13. The molecule has 2 saturated heterocycles. The summed E-state index contributed by atoms with van der Waals surface area (Å²) in [5, 5.41) is 20.4. The van der Waals surface area contributed by atoms with Crippen molar-refractivity contribution >= 4 is 30.6 Å². The van der Waals surface area contributed by atoms with Crippen molar-refractivity contribution in [2.45, 2.75) is 58.4 Å². The van der Waals surface area contributed by atoms with Crippen molar-refractivity contribution in [1.29, 1.82) is 0 Å². The first kappa shape index (κ1) is 26.4. The molecule has 5 rings (SSSR count). The van der Waals surface area contributed by atoms with Gasteiger partial charge in [-0.3, -0.25) is 19.5 Å². The quantitative estimate of drug-likeness (QED) is 0.300. The van der Waals surface area contributed by atoms with Gasteiger partial charge in [0.2, 0.25) is 11.8 Å². The van der Waals surface area contributed by atoms with Crippen LogP contribution in [0.1, 0.15) is 57.2 Å². The fourth-order valence-corrected chi connectivity index (χ4v) is 6.50. The van der Waals surface area contributed by atoms with Crippen molar-refractivity contribution in [2.75, 3.05) is 6.54 Å². The zero-order chi connectivity index (χ0) is 26.8. The Morgan fingerprint density at radius 3 is 2.61 bits per heavy atom. The number of imide groups is 1. The van der Waals surface area contributed by atoms with Gasteiger partial charge in [0.15, 0.2) is 0 Å². The van der Waals surface area contributed by atoms with Crippen LogP contribution in [0, 0.1) is 17.8 Å². The number of fused-ring (bicyclic) bond motifs is 3. The fraction of sp³-hybridized carbons (Fsp3) is 0.433. The second-order valence-corrected chi connectivity index (χ2v) is 10.5. The molecule has 1 aromatic carbocycles. The Labute approximate surface area is 224 Å². The molecule has 198 valence electrons. The number of hydrogen-bond acceptors (Lipinski definition) is 6. The van der Waals surface area contributed by atoms with Crippen molar-refractivity contribution in [2.24, 2.45) is 17.8 Å². The number of hydrogen-bond donors (Lipinski definition) is 2. The molecule has 3 aliphatic rings. The number of allylic oxidation sites excluding steroid dienone is 2. The number of likely N-dealkylation sites (tertiary alicyclic amines) is 1. The third-order valence-corrected chi connectivity index (χ3v) is 8.18. The van der Waals surface area contributed by atoms with E-state index in [9.17, 15) is 19.7 Å². The van der Waals surface area contributed by atoms with Crippen LogP contribution in [0.5, 0.6) is 5.75 Å². The monoisotopic (exact) mass is 514 g/mol. The van der Waals surface area contributed by atoms with E-state index < -0.39 is 13.0 Å². The highest BCUT2D eigenvalue weighted by molar-refractivity contribution is 6.43. The number of carbonyl (C=O) groups excluding carboxylic acids is 2. The molecule has 1 aliphatic carbocycles. The molecule has 4 atom stereocenters. The predicted octanol–water partition coefficient (Wildman–Crippen LogP) is 4.73. The first-order valence-corrected chi connectivity index (χ1v) is 13.7. The maximum absolute atomic E-state index is 13.4. The molecule has 2 N–H and O–H groups in total. The van der Waals surface area contributed by atoms with Crippen LogP contribution >= 0.6 is 0 Å². The maximum atomic E-state index is 13.4. The van der Waals surface area contributed by atoms with Crippen LogP contribution in [0.25, 0.3) is 11.6 Å². The number of amides is 2. The molecule has 2 fully saturated rings. The number of nitrogens with zero attached hydrogens (tertiary/aromatic N) is 2. The Morgan fingerprint density at radius 1 is 1.13 bits per heavy atom. The van der Waals surface area contributed by atoms with Crippen LogP contribution < -0.4 is 0 Å². The second kappa shape index (κ2) is 11.3. The van der Waals surface area contributed by atoms with Gasteiger partial charge in [-0.2, -0.15) is 0 Å². The highest BCUT2D eigenvalue weighted by atomic mass is 16.5. The third kappa shape index (κ3) is 5.07. The molecule has 0 saturated carbocycles. The van der Waals surface area contributed by atoms with Gasteiger partial charge < -0.3 is 14.8 Å². The largest absolute Gasteiger partial charge is 0.508 e. The van der Waals surface area contributed by atoms with Gasteiger partial charge in [-0.25, -0.2) is 0 Å². The van der Waals surface area contributed by atoms with Gasteiger partial charge in [-0.05, 0) is 91.4 Å². The first-order chi connectivity index (χ1) is 18.4. The van der Waals surface area contributed by atoms with Crippen LogP contribution in [-0.2, 0) is 14.2 Å². The molecule has 0 bridgehead atoms. The molecule has 1 aromatic heterocycles. The van der Waals surface area contributed by atoms with Crippen LogP contribution in [0.3, 0.4) is 0 Å². The van der Waals surface area contributed by atoms with E-state index in [1.807, 2.05) is 37.3 Å². The molecule has 0 unspecified atom stereocenters. The number of aromatic nitrogens is 1. The van der Waals surface area contributed by atoms with Gasteiger partial charge in [0, 0.05) is 12.7 Å². The summed E-state index contributed by atoms with van der Waals surface area (Å²) in [6.07, 6.45) is 7.20. The van der Waals surface area contributed by atoms with E-state index in [4.69, 9.17) is 4.65 Å². The van der Waals surface area contributed by atoms with Crippen molar-refractivity contribution in [3.8, 4) is 5.75 Å². The SMILES string of the molecule is CCCN1C(=O)[C@@H]2[C@@H](CC(CC)=C3[C@@H](CC/C(=C/c4ccc(O)cc4)c4ccccn4)OB(O)C[C@@H]32)C1=O. The number of rotatable bonds is 8. The van der Waals surface area contributed by atoms with Gasteiger partial charge in [-0.1, -0.05) is 37.6 Å². The average molecular weight is 514 g/mol. The normalized spacial score (nSPS) is 25.6. The van der Waals surface area contributed by atoms with Crippen molar-refractivity contribution < 1.29 is 24.4 Å². The van der Waals surface area contributed by atoms with Crippen molar-refractivity contribution in [3.05, 3.63) is 71.1 Å². The Hall–Kier alpha value is -3.23. The lowest BCUT2D eigenvalue weighted by atomic mass is 9.58. The summed E-state index contributed by atoms with van der Waals surface area (Å²) in [7, 11) is -0.979. The van der Waals surface area contributed by atoms with Gasteiger partial charge in [-0.15, -0.1) is 0 Å². The molecular formula is C30H35BN2O5. The summed E-state index contributed by atoms with van der Waals surface area (Å²) < 4.78 is 6.13. The lowest BCUT2D eigenvalue weighted by molar-refractivity contribution is -0.140. The Bertz CT molecular complexity index is 1240. The third-order valence-electron chi connectivity index (χ3n) is 8.18. The number of aromatic hydroxyl groups is 1. The number of carbonyl (C=O) groups is 2. The number of phenols is 1. The molecule has 8 heteroatoms. The summed E-state index contributed by atoms with van der Waals surface area (Å²) in [4.78, 5) is 32.6. The molecule has 2 aliphatic heterocycles. The first-order valence-electron chi connectivity index (χ1n) is 13.7. The minimum Gasteiger partial charge on any atom is -0.508 e. The van der Waals surface area contributed by atoms with E-state index in [0.717, 1.165) is 35.2 Å². The summed E-state index contributed by atoms with van der Waals surface area (Å²) in [5.74, 6) is -0.864. The fourth-order valence-electron chi connectivity index (χ4n) is 6.50. The van der Waals surface area contributed by atoms with E-state index in [-0.39, 0.29) is 35.5 Å². The van der Waals surface area contributed by atoms with Crippen molar-refractivity contribution in [3.63, 3.8) is 0 Å². The van der Waals surface area contributed by atoms with Gasteiger partial charge in [0.25, 0.3) is 0 Å². The summed E-state index contributed by atoms with van der Waals surface area (Å²) in [6.45, 7) is 4.52. The molecule has 3 heterocycles. The Balaban J connectivity index is 1.45. The minimum atomic E-state index is -0.979. The van der Waals surface area contributed by atoms with Gasteiger partial charge in [0.05, 0.1) is 23.6 Å². The molecule has 7 nitrogen and oxygen atoms in total. The smallest absolute Gasteiger partial charge is 0.455 e. The lowest BCUT2D eigenvalue weighted by Crippen LogP contribution is -2.46.